The molecule has 10 heteroatoms. The fourth-order valence-corrected chi connectivity index (χ4v) is 4.55. The molecular formula is C18H22F2N6OS. The van der Waals surface area contributed by atoms with Crippen LogP contribution in [0.25, 0.3) is 5.65 Å². The Labute approximate surface area is 165 Å². The average Bonchev–Trinajstić information content (AvgIpc) is 3.37. The quantitative estimate of drug-likeness (QED) is 0.647. The Morgan fingerprint density at radius 1 is 1.29 bits per heavy atom. The molecule has 4 rings (SSSR count). The largest absolute Gasteiger partial charge is 0.477 e. The molecule has 0 saturated carbocycles. The van der Waals surface area contributed by atoms with E-state index in [1.54, 1.807) is 16.8 Å². The van der Waals surface area contributed by atoms with E-state index in [4.69, 9.17) is 10.5 Å². The number of thiazole rings is 1. The highest BCUT2D eigenvalue weighted by molar-refractivity contribution is 7.09. The Balaban J connectivity index is 1.32. The molecule has 3 aromatic heterocycles. The third kappa shape index (κ3) is 3.98. The highest BCUT2D eigenvalue weighted by atomic mass is 32.1. The molecule has 1 unspecified atom stereocenters. The number of aromatic nitrogens is 4. The van der Waals surface area contributed by atoms with Gasteiger partial charge in [0.2, 0.25) is 5.88 Å². The standard InChI is InChI=1S/C18H22F2N6OS/c19-18(20)16-17(28-11-22-16)13(9-21)25-6-2-12(3-7-25)10-27-15-4-8-26-14(24-15)1-5-23-26/h1,4-5,8,11-13,18H,2-3,6-7,9-10,21H2. The minimum absolute atomic E-state index is 0.132. The smallest absolute Gasteiger partial charge is 0.281 e. The van der Waals surface area contributed by atoms with E-state index in [0.717, 1.165) is 31.6 Å². The third-order valence-corrected chi connectivity index (χ3v) is 6.09. The predicted octanol–water partition coefficient (Wildman–Crippen LogP) is 2.91. The van der Waals surface area contributed by atoms with Gasteiger partial charge in [-0.2, -0.15) is 10.1 Å². The van der Waals surface area contributed by atoms with Crippen LogP contribution in [0.15, 0.2) is 30.0 Å². The van der Waals surface area contributed by atoms with Crippen LogP contribution in [0.4, 0.5) is 8.78 Å². The molecule has 0 spiro atoms. The fraction of sp³-hybridized carbons (Fsp3) is 0.500. The molecule has 1 fully saturated rings. The topological polar surface area (TPSA) is 81.6 Å². The number of nitrogens with two attached hydrogens (primary N) is 1. The summed E-state index contributed by atoms with van der Waals surface area (Å²) in [6.45, 7) is 2.48. The summed E-state index contributed by atoms with van der Waals surface area (Å²) in [6.07, 6.45) is 2.80. The molecule has 0 aromatic carbocycles. The first-order valence-corrected chi connectivity index (χ1v) is 10.1. The lowest BCUT2D eigenvalue weighted by molar-refractivity contribution is 0.104. The summed E-state index contributed by atoms with van der Waals surface area (Å²) in [7, 11) is 0. The lowest BCUT2D eigenvalue weighted by Gasteiger charge is -2.36. The summed E-state index contributed by atoms with van der Waals surface area (Å²) in [5, 5.41) is 4.11. The number of rotatable bonds is 7. The molecule has 3 aromatic rings. The van der Waals surface area contributed by atoms with Crippen LogP contribution in [0.3, 0.4) is 0 Å². The van der Waals surface area contributed by atoms with Crippen LogP contribution in [-0.4, -0.2) is 50.7 Å². The van der Waals surface area contributed by atoms with Crippen molar-refractivity contribution in [2.24, 2.45) is 11.7 Å². The number of nitrogens with zero attached hydrogens (tertiary/aromatic N) is 5. The maximum atomic E-state index is 13.2. The minimum atomic E-state index is -2.57. The normalized spacial score (nSPS) is 17.4. The second kappa shape index (κ2) is 8.46. The Kier molecular flexibility index (Phi) is 5.79. The Morgan fingerprint density at radius 2 is 2.11 bits per heavy atom. The molecule has 28 heavy (non-hydrogen) atoms. The van der Waals surface area contributed by atoms with Gasteiger partial charge in [0.1, 0.15) is 5.69 Å². The van der Waals surface area contributed by atoms with E-state index >= 15 is 0 Å². The van der Waals surface area contributed by atoms with Crippen LogP contribution in [0.5, 0.6) is 5.88 Å². The molecule has 150 valence electrons. The van der Waals surface area contributed by atoms with Crippen molar-refractivity contribution in [2.45, 2.75) is 25.3 Å². The van der Waals surface area contributed by atoms with Gasteiger partial charge in [0.15, 0.2) is 5.65 Å². The number of halogens is 2. The second-order valence-corrected chi connectivity index (χ2v) is 7.73. The molecule has 0 radical (unpaired) electrons. The maximum absolute atomic E-state index is 13.2. The van der Waals surface area contributed by atoms with Crippen molar-refractivity contribution in [1.29, 1.82) is 0 Å². The lowest BCUT2D eigenvalue weighted by Crippen LogP contribution is -2.41. The highest BCUT2D eigenvalue weighted by Gasteiger charge is 2.30. The van der Waals surface area contributed by atoms with E-state index in [2.05, 4.69) is 20.0 Å². The second-order valence-electron chi connectivity index (χ2n) is 6.84. The molecule has 0 aliphatic carbocycles. The van der Waals surface area contributed by atoms with E-state index in [9.17, 15) is 8.78 Å². The fourth-order valence-electron chi connectivity index (χ4n) is 3.61. The van der Waals surface area contributed by atoms with Crippen molar-refractivity contribution in [3.05, 3.63) is 40.6 Å². The van der Waals surface area contributed by atoms with Crippen molar-refractivity contribution in [3.8, 4) is 5.88 Å². The van der Waals surface area contributed by atoms with Crippen LogP contribution in [0, 0.1) is 5.92 Å². The summed E-state index contributed by atoms with van der Waals surface area (Å²) in [5.74, 6) is 0.982. The van der Waals surface area contributed by atoms with Crippen molar-refractivity contribution >= 4 is 17.0 Å². The van der Waals surface area contributed by atoms with Crippen LogP contribution < -0.4 is 10.5 Å². The molecule has 1 saturated heterocycles. The van der Waals surface area contributed by atoms with Gasteiger partial charge in [-0.25, -0.2) is 18.3 Å². The molecule has 1 atom stereocenters. The summed E-state index contributed by atoms with van der Waals surface area (Å²) in [6, 6.07) is 3.42. The third-order valence-electron chi connectivity index (χ3n) is 5.15. The average molecular weight is 408 g/mol. The van der Waals surface area contributed by atoms with Crippen LogP contribution in [0.2, 0.25) is 0 Å². The number of hydrogen-bond acceptors (Lipinski definition) is 7. The van der Waals surface area contributed by atoms with E-state index in [-0.39, 0.29) is 11.7 Å². The molecule has 0 amide bonds. The lowest BCUT2D eigenvalue weighted by atomic mass is 9.96. The van der Waals surface area contributed by atoms with E-state index < -0.39 is 6.43 Å². The molecule has 1 aliphatic heterocycles. The monoisotopic (exact) mass is 408 g/mol. The Bertz CT molecular complexity index is 908. The molecular weight excluding hydrogens is 386 g/mol. The molecule has 7 nitrogen and oxygen atoms in total. The zero-order valence-electron chi connectivity index (χ0n) is 15.2. The Hall–Kier alpha value is -2.17. The van der Waals surface area contributed by atoms with E-state index in [1.807, 2.05) is 12.3 Å². The van der Waals surface area contributed by atoms with Gasteiger partial charge in [0.05, 0.1) is 29.2 Å². The number of piperidine rings is 1. The highest BCUT2D eigenvalue weighted by Crippen LogP contribution is 2.34. The summed E-state index contributed by atoms with van der Waals surface area (Å²) < 4.78 is 33.9. The van der Waals surface area contributed by atoms with Gasteiger partial charge >= 0.3 is 0 Å². The number of likely N-dealkylation sites (tertiary alicyclic amines) is 1. The van der Waals surface area contributed by atoms with Gasteiger partial charge in [0, 0.05) is 24.9 Å². The van der Waals surface area contributed by atoms with Crippen molar-refractivity contribution in [1.82, 2.24) is 24.5 Å². The minimum Gasteiger partial charge on any atom is -0.477 e. The number of ether oxygens (including phenoxy) is 1. The van der Waals surface area contributed by atoms with Gasteiger partial charge < -0.3 is 10.5 Å². The summed E-state index contributed by atoms with van der Waals surface area (Å²) in [4.78, 5) is 11.0. The Morgan fingerprint density at radius 3 is 2.86 bits per heavy atom. The van der Waals surface area contributed by atoms with Crippen LogP contribution >= 0.6 is 11.3 Å². The van der Waals surface area contributed by atoms with Crippen molar-refractivity contribution in [3.63, 3.8) is 0 Å². The van der Waals surface area contributed by atoms with Crippen LogP contribution in [0.1, 0.15) is 35.9 Å². The first kappa shape index (κ1) is 19.2. The summed E-state index contributed by atoms with van der Waals surface area (Å²) in [5.41, 5.74) is 8.01. The van der Waals surface area contributed by atoms with Gasteiger partial charge in [-0.15, -0.1) is 11.3 Å². The molecule has 2 N–H and O–H groups in total. The first-order chi connectivity index (χ1) is 13.7. The van der Waals surface area contributed by atoms with Gasteiger partial charge in [0.25, 0.3) is 6.43 Å². The summed E-state index contributed by atoms with van der Waals surface area (Å²) >= 11 is 1.26. The van der Waals surface area contributed by atoms with Crippen LogP contribution in [-0.2, 0) is 0 Å². The first-order valence-electron chi connectivity index (χ1n) is 9.24. The van der Waals surface area contributed by atoms with Gasteiger partial charge in [-0.3, -0.25) is 4.90 Å². The predicted molar refractivity (Wildman–Crippen MR) is 102 cm³/mol. The van der Waals surface area contributed by atoms with E-state index in [1.165, 1.54) is 16.8 Å². The van der Waals surface area contributed by atoms with Gasteiger partial charge in [-0.05, 0) is 31.8 Å². The SMILES string of the molecule is NCC(c1scnc1C(F)F)N1CCC(COc2ccn3nccc3n2)CC1. The molecule has 4 heterocycles. The number of hydrogen-bond donors (Lipinski definition) is 1. The zero-order chi connectivity index (χ0) is 19.5. The van der Waals surface area contributed by atoms with Crippen molar-refractivity contribution in [2.75, 3.05) is 26.2 Å². The van der Waals surface area contributed by atoms with Gasteiger partial charge in [-0.1, -0.05) is 0 Å². The zero-order valence-corrected chi connectivity index (χ0v) is 16.1. The molecule has 0 bridgehead atoms. The molecule has 1 aliphatic rings. The van der Waals surface area contributed by atoms with Crippen molar-refractivity contribution < 1.29 is 13.5 Å². The van der Waals surface area contributed by atoms with E-state index in [0.29, 0.717) is 29.8 Å². The number of fused-ring (bicyclic) bond motifs is 1. The maximum Gasteiger partial charge on any atom is 0.281 e. The number of alkyl halides is 2.